The molecule has 6 heteroatoms. The lowest BCUT2D eigenvalue weighted by Crippen LogP contribution is -2.29. The number of ether oxygens (including phenoxy) is 3. The maximum Gasteiger partial charge on any atom is 0.244 e. The quantitative estimate of drug-likeness (QED) is 0.519. The molecule has 0 aliphatic carbocycles. The largest absolute Gasteiger partial charge is 0.493 e. The summed E-state index contributed by atoms with van der Waals surface area (Å²) in [6, 6.07) is 14.0. The van der Waals surface area contributed by atoms with E-state index in [0.29, 0.717) is 37.0 Å². The van der Waals surface area contributed by atoms with Gasteiger partial charge in [0.1, 0.15) is 13.2 Å². The number of nitrogens with zero attached hydrogens (tertiary/aromatic N) is 1. The second kappa shape index (κ2) is 10.4. The molecule has 1 aliphatic rings. The van der Waals surface area contributed by atoms with Crippen LogP contribution in [0.4, 0.5) is 5.69 Å². The van der Waals surface area contributed by atoms with Crippen molar-refractivity contribution in [2.45, 2.75) is 13.3 Å². The molecule has 29 heavy (non-hydrogen) atoms. The van der Waals surface area contributed by atoms with Crippen LogP contribution < -0.4 is 24.4 Å². The molecule has 2 aromatic rings. The minimum Gasteiger partial charge on any atom is -0.493 e. The maximum absolute atomic E-state index is 12.1. The zero-order chi connectivity index (χ0) is 20.5. The van der Waals surface area contributed by atoms with Crippen LogP contribution in [0.3, 0.4) is 0 Å². The molecule has 6 nitrogen and oxygen atoms in total. The van der Waals surface area contributed by atoms with Gasteiger partial charge in [-0.1, -0.05) is 18.2 Å². The van der Waals surface area contributed by atoms with E-state index in [-0.39, 0.29) is 5.91 Å². The van der Waals surface area contributed by atoms with E-state index in [0.717, 1.165) is 25.1 Å². The molecule has 0 aromatic heterocycles. The smallest absolute Gasteiger partial charge is 0.244 e. The highest BCUT2D eigenvalue weighted by atomic mass is 16.6. The van der Waals surface area contributed by atoms with Gasteiger partial charge in [-0.25, -0.2) is 0 Å². The maximum atomic E-state index is 12.1. The number of methoxy groups -OCH3 is 1. The lowest BCUT2D eigenvalue weighted by molar-refractivity contribution is -0.116. The predicted octanol–water partition coefficient (Wildman–Crippen LogP) is 3.51. The zero-order valence-corrected chi connectivity index (χ0v) is 17.0. The molecule has 1 aliphatic heterocycles. The standard InChI is InChI=1S/C23H28N2O4/c1-3-25(19-8-5-4-6-9-19)13-7-12-24-22(26)11-10-18-16-20(27-2)23-21(17-18)28-14-15-29-23/h4-6,8-11,16-17H,3,7,12-15H2,1-2H3,(H,24,26). The third kappa shape index (κ3) is 5.67. The van der Waals surface area contributed by atoms with Gasteiger partial charge < -0.3 is 24.4 Å². The van der Waals surface area contributed by atoms with Gasteiger partial charge in [0, 0.05) is 31.4 Å². The van der Waals surface area contributed by atoms with Gasteiger partial charge in [-0.3, -0.25) is 4.79 Å². The summed E-state index contributed by atoms with van der Waals surface area (Å²) in [6.45, 7) is 5.59. The van der Waals surface area contributed by atoms with E-state index in [2.05, 4.69) is 29.3 Å². The Balaban J connectivity index is 1.49. The molecule has 1 heterocycles. The number of rotatable bonds is 9. The Labute approximate surface area is 172 Å². The second-order valence-electron chi connectivity index (χ2n) is 6.64. The van der Waals surface area contributed by atoms with E-state index in [1.165, 1.54) is 11.8 Å². The fraction of sp³-hybridized carbons (Fsp3) is 0.348. The van der Waals surface area contributed by atoms with Crippen LogP contribution in [0, 0.1) is 0 Å². The minimum atomic E-state index is -0.124. The molecule has 2 aromatic carbocycles. The van der Waals surface area contributed by atoms with Gasteiger partial charge in [0.2, 0.25) is 11.7 Å². The van der Waals surface area contributed by atoms with Crippen LogP contribution in [0.1, 0.15) is 18.9 Å². The zero-order valence-electron chi connectivity index (χ0n) is 17.0. The minimum absolute atomic E-state index is 0.124. The van der Waals surface area contributed by atoms with Crippen LogP contribution in [-0.4, -0.2) is 45.9 Å². The molecule has 3 rings (SSSR count). The Bertz CT molecular complexity index is 819. The summed E-state index contributed by atoms with van der Waals surface area (Å²) in [4.78, 5) is 14.4. The molecule has 0 fully saturated rings. The topological polar surface area (TPSA) is 60.0 Å². The number of para-hydroxylation sites is 1. The number of amides is 1. The first-order chi connectivity index (χ1) is 14.2. The average Bonchev–Trinajstić information content (AvgIpc) is 2.77. The molecule has 0 bridgehead atoms. The highest BCUT2D eigenvalue weighted by Gasteiger charge is 2.17. The molecular weight excluding hydrogens is 368 g/mol. The molecule has 0 atom stereocenters. The van der Waals surface area contributed by atoms with Crippen molar-refractivity contribution < 1.29 is 19.0 Å². The molecule has 0 unspecified atom stereocenters. The normalized spacial score (nSPS) is 12.6. The van der Waals surface area contributed by atoms with Gasteiger partial charge in [-0.05, 0) is 49.2 Å². The second-order valence-corrected chi connectivity index (χ2v) is 6.64. The van der Waals surface area contributed by atoms with Crippen molar-refractivity contribution in [3.63, 3.8) is 0 Å². The predicted molar refractivity (Wildman–Crippen MR) is 115 cm³/mol. The molecule has 0 spiro atoms. The first-order valence-electron chi connectivity index (χ1n) is 9.94. The third-order valence-corrected chi connectivity index (χ3v) is 4.68. The SMILES string of the molecule is CCN(CCCNC(=O)C=Cc1cc(OC)c2c(c1)OCCO2)c1ccccc1. The first kappa shape index (κ1) is 20.6. The molecular formula is C23H28N2O4. The Morgan fingerprint density at radius 2 is 2.00 bits per heavy atom. The van der Waals surface area contributed by atoms with Crippen LogP contribution in [0.15, 0.2) is 48.5 Å². The average molecular weight is 396 g/mol. The fourth-order valence-electron chi connectivity index (χ4n) is 3.21. The van der Waals surface area contributed by atoms with Crippen LogP contribution in [0.2, 0.25) is 0 Å². The van der Waals surface area contributed by atoms with E-state index in [9.17, 15) is 4.79 Å². The number of anilines is 1. The van der Waals surface area contributed by atoms with Gasteiger partial charge in [0.25, 0.3) is 0 Å². The third-order valence-electron chi connectivity index (χ3n) is 4.68. The number of benzene rings is 2. The van der Waals surface area contributed by atoms with Crippen molar-refractivity contribution in [3.8, 4) is 17.2 Å². The summed E-state index contributed by atoms with van der Waals surface area (Å²) < 4.78 is 16.6. The first-order valence-corrected chi connectivity index (χ1v) is 9.94. The monoisotopic (exact) mass is 396 g/mol. The molecule has 1 amide bonds. The van der Waals surface area contributed by atoms with E-state index >= 15 is 0 Å². The molecule has 154 valence electrons. The lowest BCUT2D eigenvalue weighted by Gasteiger charge is -2.23. The number of carbonyl (C=O) groups is 1. The van der Waals surface area contributed by atoms with Crippen LogP contribution in [-0.2, 0) is 4.79 Å². The van der Waals surface area contributed by atoms with Crippen molar-refractivity contribution in [1.29, 1.82) is 0 Å². The number of hydrogen-bond acceptors (Lipinski definition) is 5. The summed E-state index contributed by atoms with van der Waals surface area (Å²) in [5.74, 6) is 1.72. The van der Waals surface area contributed by atoms with Crippen molar-refractivity contribution in [3.05, 3.63) is 54.1 Å². The number of carbonyl (C=O) groups excluding carboxylic acids is 1. The van der Waals surface area contributed by atoms with E-state index in [1.54, 1.807) is 13.2 Å². The van der Waals surface area contributed by atoms with E-state index < -0.39 is 0 Å². The lowest BCUT2D eigenvalue weighted by atomic mass is 10.1. The fourth-order valence-corrected chi connectivity index (χ4v) is 3.21. The summed E-state index contributed by atoms with van der Waals surface area (Å²) in [5.41, 5.74) is 2.02. The van der Waals surface area contributed by atoms with Gasteiger partial charge in [0.05, 0.1) is 7.11 Å². The van der Waals surface area contributed by atoms with Crippen LogP contribution in [0.25, 0.3) is 6.08 Å². The van der Waals surface area contributed by atoms with Gasteiger partial charge in [-0.15, -0.1) is 0 Å². The molecule has 0 saturated heterocycles. The summed E-state index contributed by atoms with van der Waals surface area (Å²) >= 11 is 0. The molecule has 1 N–H and O–H groups in total. The highest BCUT2D eigenvalue weighted by Crippen LogP contribution is 2.40. The number of nitrogens with one attached hydrogen (secondary N) is 1. The summed E-state index contributed by atoms with van der Waals surface area (Å²) in [6.07, 6.45) is 4.15. The Hall–Kier alpha value is -3.15. The van der Waals surface area contributed by atoms with Crippen molar-refractivity contribution in [2.75, 3.05) is 44.9 Å². The summed E-state index contributed by atoms with van der Waals surface area (Å²) in [5, 5.41) is 2.94. The summed E-state index contributed by atoms with van der Waals surface area (Å²) in [7, 11) is 1.59. The Kier molecular flexibility index (Phi) is 7.39. The highest BCUT2D eigenvalue weighted by molar-refractivity contribution is 5.91. The van der Waals surface area contributed by atoms with E-state index in [4.69, 9.17) is 14.2 Å². The van der Waals surface area contributed by atoms with E-state index in [1.807, 2.05) is 30.3 Å². The van der Waals surface area contributed by atoms with Crippen molar-refractivity contribution in [1.82, 2.24) is 5.32 Å². The van der Waals surface area contributed by atoms with Crippen LogP contribution in [0.5, 0.6) is 17.2 Å². The van der Waals surface area contributed by atoms with Crippen LogP contribution >= 0.6 is 0 Å². The molecule has 0 radical (unpaired) electrons. The van der Waals surface area contributed by atoms with Gasteiger partial charge in [0.15, 0.2) is 11.5 Å². The van der Waals surface area contributed by atoms with Gasteiger partial charge >= 0.3 is 0 Å². The van der Waals surface area contributed by atoms with Gasteiger partial charge in [-0.2, -0.15) is 0 Å². The Morgan fingerprint density at radius 1 is 1.21 bits per heavy atom. The molecule has 0 saturated carbocycles. The number of hydrogen-bond donors (Lipinski definition) is 1. The van der Waals surface area contributed by atoms with Crippen molar-refractivity contribution in [2.24, 2.45) is 0 Å². The number of fused-ring (bicyclic) bond motifs is 1. The Morgan fingerprint density at radius 3 is 2.76 bits per heavy atom. The van der Waals surface area contributed by atoms with Crippen molar-refractivity contribution >= 4 is 17.7 Å².